The molecule has 0 amide bonds. The van der Waals surface area contributed by atoms with Gasteiger partial charge in [-0.2, -0.15) is 4.99 Å². The van der Waals surface area contributed by atoms with Crippen LogP contribution in [0, 0.1) is 0 Å². The molecule has 0 heterocycles. The normalized spacial score (nSPS) is 10.0. The second-order valence-corrected chi connectivity index (χ2v) is 5.99. The van der Waals surface area contributed by atoms with Gasteiger partial charge in [0, 0.05) is 24.0 Å². The lowest BCUT2D eigenvalue weighted by Gasteiger charge is -2.07. The van der Waals surface area contributed by atoms with E-state index in [2.05, 4.69) is 4.99 Å². The Morgan fingerprint density at radius 2 is 1.50 bits per heavy atom. The molecule has 2 aromatic carbocycles. The maximum atomic E-state index is 12.4. The van der Waals surface area contributed by atoms with E-state index in [1.165, 1.54) is 6.08 Å². The van der Waals surface area contributed by atoms with Crippen molar-refractivity contribution < 1.29 is 29.0 Å². The van der Waals surface area contributed by atoms with E-state index >= 15 is 0 Å². The Bertz CT molecular complexity index is 880. The number of carboxylic acid groups (broad SMARTS) is 1. The number of hydrogen-bond acceptors (Lipinski definition) is 6. The molecule has 7 nitrogen and oxygen atoms in total. The fraction of sp³-hybridized carbons (Fsp3) is 0.238. The standard InChI is InChI=1S/C21H19NO6/c23-14-22-17-7-3-15(4-8-17)21(27)16-5-10-19(11-6-16)28-13-1-2-18(24)9-12-20(25)26/h3-8,10-11H,1-2,9,12-13H2,(H,25,26). The largest absolute Gasteiger partial charge is 0.494 e. The predicted molar refractivity (Wildman–Crippen MR) is 101 cm³/mol. The third-order valence-corrected chi connectivity index (χ3v) is 3.91. The van der Waals surface area contributed by atoms with Crippen molar-refractivity contribution in [1.82, 2.24) is 0 Å². The van der Waals surface area contributed by atoms with E-state index in [1.807, 2.05) is 0 Å². The number of ether oxygens (including phenoxy) is 1. The van der Waals surface area contributed by atoms with Gasteiger partial charge in [-0.15, -0.1) is 0 Å². The summed E-state index contributed by atoms with van der Waals surface area (Å²) >= 11 is 0. The number of aliphatic imine (C=N–C) groups is 1. The zero-order chi connectivity index (χ0) is 20.4. The van der Waals surface area contributed by atoms with Crippen LogP contribution in [-0.2, 0) is 14.4 Å². The lowest BCUT2D eigenvalue weighted by molar-refractivity contribution is -0.138. The average molecular weight is 381 g/mol. The number of ketones is 2. The highest BCUT2D eigenvalue weighted by Gasteiger charge is 2.09. The molecule has 7 heteroatoms. The zero-order valence-corrected chi connectivity index (χ0v) is 15.1. The molecule has 0 saturated heterocycles. The van der Waals surface area contributed by atoms with Crippen molar-refractivity contribution in [3.05, 3.63) is 59.7 Å². The van der Waals surface area contributed by atoms with E-state index in [4.69, 9.17) is 9.84 Å². The number of aliphatic carboxylic acids is 1. The molecule has 2 aromatic rings. The third-order valence-electron chi connectivity index (χ3n) is 3.91. The summed E-state index contributed by atoms with van der Waals surface area (Å²) in [7, 11) is 0. The quantitative estimate of drug-likeness (QED) is 0.276. The number of carbonyl (C=O) groups is 3. The van der Waals surface area contributed by atoms with E-state index in [0.717, 1.165) is 0 Å². The Labute approximate surface area is 161 Å². The minimum absolute atomic E-state index is 0.0363. The van der Waals surface area contributed by atoms with Crippen LogP contribution in [0.4, 0.5) is 5.69 Å². The Hall–Kier alpha value is -3.57. The van der Waals surface area contributed by atoms with Crippen molar-refractivity contribution in [1.29, 1.82) is 0 Å². The second-order valence-electron chi connectivity index (χ2n) is 5.99. The van der Waals surface area contributed by atoms with Gasteiger partial charge in [0.15, 0.2) is 5.78 Å². The molecule has 0 aliphatic heterocycles. The molecule has 0 fully saturated rings. The van der Waals surface area contributed by atoms with E-state index in [-0.39, 0.29) is 30.8 Å². The van der Waals surface area contributed by atoms with Crippen LogP contribution < -0.4 is 4.74 Å². The first-order valence-electron chi connectivity index (χ1n) is 8.68. The average Bonchev–Trinajstić information content (AvgIpc) is 2.70. The lowest BCUT2D eigenvalue weighted by atomic mass is 10.0. The van der Waals surface area contributed by atoms with Crippen molar-refractivity contribution in [3.8, 4) is 5.75 Å². The number of nitrogens with zero attached hydrogens (tertiary/aromatic N) is 1. The van der Waals surface area contributed by atoms with Gasteiger partial charge in [-0.1, -0.05) is 0 Å². The fourth-order valence-corrected chi connectivity index (χ4v) is 2.44. The summed E-state index contributed by atoms with van der Waals surface area (Å²) in [5, 5.41) is 8.53. The van der Waals surface area contributed by atoms with Crippen molar-refractivity contribution in [2.45, 2.75) is 25.7 Å². The Morgan fingerprint density at radius 1 is 0.893 bits per heavy atom. The number of Topliss-reactive ketones (excluding diaryl/α,β-unsaturated/α-hetero) is 1. The summed E-state index contributed by atoms with van der Waals surface area (Å²) < 4.78 is 5.54. The van der Waals surface area contributed by atoms with Gasteiger partial charge in [-0.3, -0.25) is 14.4 Å². The summed E-state index contributed by atoms with van der Waals surface area (Å²) in [5.74, 6) is -0.677. The number of carbonyl (C=O) groups excluding carboxylic acids is 3. The van der Waals surface area contributed by atoms with Gasteiger partial charge in [-0.25, -0.2) is 4.79 Å². The highest BCUT2D eigenvalue weighted by Crippen LogP contribution is 2.18. The van der Waals surface area contributed by atoms with E-state index in [1.54, 1.807) is 48.5 Å². The molecule has 0 aliphatic rings. The van der Waals surface area contributed by atoms with Crippen LogP contribution in [0.1, 0.15) is 41.6 Å². The van der Waals surface area contributed by atoms with Crippen LogP contribution in [0.2, 0.25) is 0 Å². The molecule has 2 rings (SSSR count). The molecule has 0 radical (unpaired) electrons. The van der Waals surface area contributed by atoms with Gasteiger partial charge < -0.3 is 9.84 Å². The van der Waals surface area contributed by atoms with Gasteiger partial charge in [0.2, 0.25) is 6.08 Å². The highest BCUT2D eigenvalue weighted by atomic mass is 16.5. The van der Waals surface area contributed by atoms with Crippen LogP contribution >= 0.6 is 0 Å². The molecule has 0 aliphatic carbocycles. The number of benzene rings is 2. The van der Waals surface area contributed by atoms with Gasteiger partial charge >= 0.3 is 5.97 Å². The van der Waals surface area contributed by atoms with Crippen molar-refractivity contribution >= 4 is 29.3 Å². The first-order valence-corrected chi connectivity index (χ1v) is 8.68. The first kappa shape index (κ1) is 20.7. The zero-order valence-electron chi connectivity index (χ0n) is 15.1. The summed E-state index contributed by atoms with van der Waals surface area (Å²) in [4.78, 5) is 48.0. The van der Waals surface area contributed by atoms with Crippen molar-refractivity contribution in [3.63, 3.8) is 0 Å². The minimum atomic E-state index is -0.982. The summed E-state index contributed by atoms with van der Waals surface area (Å²) in [6.07, 6.45) is 2.09. The topological polar surface area (TPSA) is 110 Å². The Kier molecular flexibility index (Phi) is 7.81. The van der Waals surface area contributed by atoms with E-state index < -0.39 is 5.97 Å². The van der Waals surface area contributed by atoms with Gasteiger partial charge in [0.05, 0.1) is 18.7 Å². The second kappa shape index (κ2) is 10.5. The molecule has 0 aromatic heterocycles. The van der Waals surface area contributed by atoms with E-state index in [0.29, 0.717) is 35.6 Å². The van der Waals surface area contributed by atoms with Crippen LogP contribution in [0.3, 0.4) is 0 Å². The number of hydrogen-bond donors (Lipinski definition) is 1. The number of rotatable bonds is 11. The highest BCUT2D eigenvalue weighted by molar-refractivity contribution is 6.09. The number of carboxylic acids is 1. The lowest BCUT2D eigenvalue weighted by Crippen LogP contribution is -2.06. The monoisotopic (exact) mass is 381 g/mol. The number of isocyanates is 1. The van der Waals surface area contributed by atoms with Gasteiger partial charge in [0.1, 0.15) is 11.5 Å². The molecule has 0 bridgehead atoms. The Morgan fingerprint density at radius 3 is 2.07 bits per heavy atom. The molecule has 0 spiro atoms. The van der Waals surface area contributed by atoms with Crippen LogP contribution in [-0.4, -0.2) is 35.3 Å². The third kappa shape index (κ3) is 6.63. The van der Waals surface area contributed by atoms with Gasteiger partial charge in [-0.05, 0) is 55.0 Å². The van der Waals surface area contributed by atoms with Crippen LogP contribution in [0.15, 0.2) is 53.5 Å². The van der Waals surface area contributed by atoms with Crippen molar-refractivity contribution in [2.75, 3.05) is 6.61 Å². The summed E-state index contributed by atoms with van der Waals surface area (Å²) in [6, 6.07) is 12.9. The summed E-state index contributed by atoms with van der Waals surface area (Å²) in [5.41, 5.74) is 1.39. The fourth-order valence-electron chi connectivity index (χ4n) is 2.44. The van der Waals surface area contributed by atoms with E-state index in [9.17, 15) is 19.2 Å². The molecule has 144 valence electrons. The SMILES string of the molecule is O=C=Nc1ccc(C(=O)c2ccc(OCCCC(=O)CCC(=O)O)cc2)cc1. The van der Waals surface area contributed by atoms with Crippen LogP contribution in [0.5, 0.6) is 5.75 Å². The van der Waals surface area contributed by atoms with Crippen molar-refractivity contribution in [2.24, 2.45) is 4.99 Å². The van der Waals surface area contributed by atoms with Crippen LogP contribution in [0.25, 0.3) is 0 Å². The molecule has 0 unspecified atom stereocenters. The molecule has 28 heavy (non-hydrogen) atoms. The maximum Gasteiger partial charge on any atom is 0.303 e. The molecule has 0 saturated carbocycles. The van der Waals surface area contributed by atoms with Gasteiger partial charge in [0.25, 0.3) is 0 Å². The summed E-state index contributed by atoms with van der Waals surface area (Å²) in [6.45, 7) is 0.324. The molecule has 0 atom stereocenters. The molecular formula is C21H19NO6. The molecular weight excluding hydrogens is 362 g/mol. The smallest absolute Gasteiger partial charge is 0.303 e. The Balaban J connectivity index is 1.82. The first-order chi connectivity index (χ1) is 13.5. The minimum Gasteiger partial charge on any atom is -0.494 e. The predicted octanol–water partition coefficient (Wildman–Crippen LogP) is 3.48. The maximum absolute atomic E-state index is 12.4. The molecule has 1 N–H and O–H groups in total.